The van der Waals surface area contributed by atoms with Gasteiger partial charge in [0.2, 0.25) is 5.91 Å². The maximum Gasteiger partial charge on any atom is 0.351 e. The molecule has 8 nitrogen and oxygen atoms in total. The number of aromatic amines is 1. The van der Waals surface area contributed by atoms with Gasteiger partial charge in [-0.15, -0.1) is 0 Å². The number of hydrogen-bond acceptors (Lipinski definition) is 4. The quantitative estimate of drug-likeness (QED) is 0.477. The van der Waals surface area contributed by atoms with Crippen LogP contribution < -0.4 is 15.5 Å². The summed E-state index contributed by atoms with van der Waals surface area (Å²) < 4.78 is 7.14. The lowest BCUT2D eigenvalue weighted by Gasteiger charge is -2.35. The van der Waals surface area contributed by atoms with E-state index in [1.165, 1.54) is 0 Å². The van der Waals surface area contributed by atoms with Gasteiger partial charge in [-0.2, -0.15) is 4.40 Å². The number of primary amides is 1. The first kappa shape index (κ1) is 19.1. The smallest absolute Gasteiger partial charge is 0.351 e. The molecule has 8 heteroatoms. The van der Waals surface area contributed by atoms with Gasteiger partial charge in [0.1, 0.15) is 0 Å². The van der Waals surface area contributed by atoms with Crippen molar-refractivity contribution in [2.75, 3.05) is 19.8 Å². The van der Waals surface area contributed by atoms with E-state index in [2.05, 4.69) is 10.3 Å². The first-order valence-corrected chi connectivity index (χ1v) is 9.47. The van der Waals surface area contributed by atoms with Crippen LogP contribution in [0.2, 0.25) is 0 Å². The first-order valence-electron chi connectivity index (χ1n) is 9.47. The van der Waals surface area contributed by atoms with Gasteiger partial charge >= 0.3 is 11.7 Å². The third kappa shape index (κ3) is 3.59. The minimum atomic E-state index is -0.689. The third-order valence-corrected chi connectivity index (χ3v) is 5.40. The van der Waals surface area contributed by atoms with E-state index in [9.17, 15) is 14.7 Å². The number of aromatic nitrogens is 2. The lowest BCUT2D eigenvalue weighted by molar-refractivity contribution is -0.514. The molecule has 0 aliphatic carbocycles. The van der Waals surface area contributed by atoms with Crippen molar-refractivity contribution in [3.63, 3.8) is 0 Å². The largest absolute Gasteiger partial charge is 0.394 e. The number of H-pyrrole nitrogens is 1. The highest BCUT2D eigenvalue weighted by atomic mass is 16.5. The normalized spacial score (nSPS) is 15.9. The number of rotatable bonds is 5. The maximum atomic E-state index is 13.1. The number of hydrogen-bond donors (Lipinski definition) is 4. The number of aliphatic hydroxyl groups excluding tert-OH is 1. The average Bonchev–Trinajstić information content (AvgIpc) is 3.14. The SMILES string of the molecule is NC(=O)c1ccc(-c2[nH]c(C(=O)NC3(CO)CCOCC3)[n+]3ccccc23)cc1. The molecule has 29 heavy (non-hydrogen) atoms. The van der Waals surface area contributed by atoms with E-state index in [0.29, 0.717) is 37.4 Å². The summed E-state index contributed by atoms with van der Waals surface area (Å²) >= 11 is 0. The number of benzene rings is 1. The van der Waals surface area contributed by atoms with Crippen LogP contribution in [0.5, 0.6) is 0 Å². The Labute approximate surface area is 167 Å². The Morgan fingerprint density at radius 3 is 2.55 bits per heavy atom. The van der Waals surface area contributed by atoms with Crippen LogP contribution in [0.15, 0.2) is 48.7 Å². The second-order valence-corrected chi connectivity index (χ2v) is 7.25. The predicted octanol–water partition coefficient (Wildman–Crippen LogP) is 0.791. The van der Waals surface area contributed by atoms with E-state index < -0.39 is 11.4 Å². The van der Waals surface area contributed by atoms with Crippen molar-refractivity contribution < 1.29 is 23.8 Å². The summed E-state index contributed by atoms with van der Waals surface area (Å²) in [4.78, 5) is 27.6. The van der Waals surface area contributed by atoms with Gasteiger partial charge in [-0.1, -0.05) is 6.07 Å². The molecule has 0 saturated carbocycles. The van der Waals surface area contributed by atoms with Crippen LogP contribution in [0, 0.1) is 0 Å². The standard InChI is InChI=1S/C21H22N4O4/c22-18(27)15-6-4-14(5-7-15)17-16-3-1-2-10-25(16)19(23-17)20(28)24-21(13-26)8-11-29-12-9-21/h1-7,10,26H,8-9,11-13H2,(H3,22,24,27,28)/p+1. The lowest BCUT2D eigenvalue weighted by atomic mass is 9.91. The number of aliphatic hydroxyl groups is 1. The number of fused-ring (bicyclic) bond motifs is 1. The van der Waals surface area contributed by atoms with Crippen LogP contribution in [-0.4, -0.2) is 47.3 Å². The zero-order valence-electron chi connectivity index (χ0n) is 15.9. The second kappa shape index (κ2) is 7.65. The molecular weight excluding hydrogens is 372 g/mol. The Morgan fingerprint density at radius 1 is 1.17 bits per heavy atom. The fourth-order valence-electron chi connectivity index (χ4n) is 3.66. The van der Waals surface area contributed by atoms with E-state index in [4.69, 9.17) is 10.5 Å². The molecule has 0 spiro atoms. The summed E-state index contributed by atoms with van der Waals surface area (Å²) in [7, 11) is 0. The van der Waals surface area contributed by atoms with E-state index in [-0.39, 0.29) is 12.5 Å². The molecular formula is C21H23N4O4+. The summed E-state index contributed by atoms with van der Waals surface area (Å²) in [6.45, 7) is 0.848. The molecule has 1 fully saturated rings. The van der Waals surface area contributed by atoms with Crippen molar-refractivity contribution in [2.45, 2.75) is 18.4 Å². The molecule has 3 heterocycles. The molecule has 1 saturated heterocycles. The van der Waals surface area contributed by atoms with Crippen LogP contribution >= 0.6 is 0 Å². The van der Waals surface area contributed by atoms with E-state index in [1.807, 2.05) is 18.2 Å². The molecule has 1 aliphatic rings. The fourth-order valence-corrected chi connectivity index (χ4v) is 3.66. The minimum absolute atomic E-state index is 0.146. The summed E-state index contributed by atoms with van der Waals surface area (Å²) in [5.74, 6) is -0.441. The maximum absolute atomic E-state index is 13.1. The van der Waals surface area contributed by atoms with Gasteiger partial charge in [0.25, 0.3) is 0 Å². The topological polar surface area (TPSA) is 122 Å². The van der Waals surface area contributed by atoms with Crippen molar-refractivity contribution in [1.29, 1.82) is 0 Å². The molecule has 5 N–H and O–H groups in total. The number of nitrogens with one attached hydrogen (secondary N) is 2. The lowest BCUT2D eigenvalue weighted by Crippen LogP contribution is -2.55. The van der Waals surface area contributed by atoms with Gasteiger partial charge < -0.3 is 20.9 Å². The zero-order chi connectivity index (χ0) is 20.4. The van der Waals surface area contributed by atoms with Gasteiger partial charge in [-0.3, -0.25) is 9.59 Å². The van der Waals surface area contributed by atoms with Crippen LogP contribution in [0.3, 0.4) is 0 Å². The highest BCUT2D eigenvalue weighted by Gasteiger charge is 2.37. The van der Waals surface area contributed by atoms with Crippen molar-refractivity contribution in [3.8, 4) is 11.3 Å². The molecule has 0 unspecified atom stereocenters. The number of carbonyl (C=O) groups excluding carboxylic acids is 2. The number of nitrogens with zero attached hydrogens (tertiary/aromatic N) is 1. The highest BCUT2D eigenvalue weighted by molar-refractivity contribution is 5.94. The summed E-state index contributed by atoms with van der Waals surface area (Å²) in [6.07, 6.45) is 2.91. The Bertz CT molecular complexity index is 1050. The number of carbonyl (C=O) groups is 2. The number of nitrogens with two attached hydrogens (primary N) is 1. The van der Waals surface area contributed by atoms with E-state index in [1.54, 1.807) is 34.9 Å². The second-order valence-electron chi connectivity index (χ2n) is 7.25. The highest BCUT2D eigenvalue weighted by Crippen LogP contribution is 2.24. The zero-order valence-corrected chi connectivity index (χ0v) is 15.9. The summed E-state index contributed by atoms with van der Waals surface area (Å²) in [5, 5.41) is 12.9. The van der Waals surface area contributed by atoms with Crippen molar-refractivity contribution in [2.24, 2.45) is 5.73 Å². The van der Waals surface area contributed by atoms with Gasteiger partial charge in [-0.25, -0.2) is 4.98 Å². The minimum Gasteiger partial charge on any atom is -0.394 e. The van der Waals surface area contributed by atoms with E-state index >= 15 is 0 Å². The first-order chi connectivity index (χ1) is 14.0. The van der Waals surface area contributed by atoms with Crippen molar-refractivity contribution >= 4 is 17.3 Å². The monoisotopic (exact) mass is 395 g/mol. The molecule has 0 atom stereocenters. The molecule has 2 amide bonds. The van der Waals surface area contributed by atoms with Crippen LogP contribution in [0.4, 0.5) is 0 Å². The average molecular weight is 395 g/mol. The Hall–Kier alpha value is -3.23. The van der Waals surface area contributed by atoms with Gasteiger partial charge in [0.05, 0.1) is 18.3 Å². The number of amides is 2. The number of imidazole rings is 1. The molecule has 150 valence electrons. The number of pyridine rings is 1. The van der Waals surface area contributed by atoms with Gasteiger partial charge in [-0.05, 0) is 49.2 Å². The van der Waals surface area contributed by atoms with Crippen molar-refractivity contribution in [1.82, 2.24) is 10.3 Å². The van der Waals surface area contributed by atoms with Crippen molar-refractivity contribution in [3.05, 3.63) is 60.0 Å². The molecule has 1 aliphatic heterocycles. The molecule has 0 radical (unpaired) electrons. The van der Waals surface area contributed by atoms with Gasteiger partial charge in [0, 0.05) is 24.3 Å². The predicted molar refractivity (Wildman–Crippen MR) is 105 cm³/mol. The molecule has 4 rings (SSSR count). The molecule has 0 bridgehead atoms. The third-order valence-electron chi connectivity index (χ3n) is 5.40. The Morgan fingerprint density at radius 2 is 1.90 bits per heavy atom. The van der Waals surface area contributed by atoms with Crippen LogP contribution in [0.1, 0.15) is 33.8 Å². The molecule has 3 aromatic rings. The van der Waals surface area contributed by atoms with Gasteiger partial charge in [0.15, 0.2) is 11.2 Å². The summed E-state index contributed by atoms with van der Waals surface area (Å²) in [5.41, 5.74) is 7.43. The van der Waals surface area contributed by atoms with Crippen LogP contribution in [-0.2, 0) is 4.74 Å². The molecule has 2 aromatic heterocycles. The van der Waals surface area contributed by atoms with E-state index in [0.717, 1.165) is 16.8 Å². The Balaban J connectivity index is 1.72. The number of ether oxygens (including phenoxy) is 1. The van der Waals surface area contributed by atoms with Crippen LogP contribution in [0.25, 0.3) is 16.8 Å². The Kier molecular flexibility index (Phi) is 5.04. The fraction of sp³-hybridized carbons (Fsp3) is 0.286. The molecule has 1 aromatic carbocycles. The summed E-state index contributed by atoms with van der Waals surface area (Å²) in [6, 6.07) is 12.5.